The first-order valence-electron chi connectivity index (χ1n) is 10.1. The van der Waals surface area contributed by atoms with Crippen LogP contribution in [0.1, 0.15) is 53.7 Å². The molecule has 0 aliphatic carbocycles. The third kappa shape index (κ3) is 3.74. The average Bonchev–Trinajstić information content (AvgIpc) is 3.26. The van der Waals surface area contributed by atoms with Crippen LogP contribution in [0.2, 0.25) is 0 Å². The van der Waals surface area contributed by atoms with Crippen molar-refractivity contribution in [2.24, 2.45) is 0 Å². The molecule has 0 atom stereocenters. The highest BCUT2D eigenvalue weighted by atomic mass is 32.2. The summed E-state index contributed by atoms with van der Waals surface area (Å²) < 4.78 is 5.39. The van der Waals surface area contributed by atoms with E-state index in [0.717, 1.165) is 30.0 Å². The molecule has 4 rings (SSSR count). The number of pyridine rings is 1. The first kappa shape index (κ1) is 19.8. The first-order valence-corrected chi connectivity index (χ1v) is 11.1. The predicted molar refractivity (Wildman–Crippen MR) is 113 cm³/mol. The molecule has 1 amide bonds. The Kier molecular flexibility index (Phi) is 5.30. The van der Waals surface area contributed by atoms with Gasteiger partial charge in [0.2, 0.25) is 0 Å². The summed E-state index contributed by atoms with van der Waals surface area (Å²) in [6.07, 6.45) is 3.34. The molecule has 1 saturated heterocycles. The van der Waals surface area contributed by atoms with Gasteiger partial charge in [-0.2, -0.15) is 17.0 Å². The normalized spacial score (nSPS) is 18.3. The maximum atomic E-state index is 12.5. The van der Waals surface area contributed by atoms with Gasteiger partial charge in [-0.1, -0.05) is 20.8 Å². The Balaban J connectivity index is 1.61. The SMILES string of the molecule is CCc1[nH+]c(N2CCN(C(=O)c3ccco3)CC2)c(C#N)c2c1CSC(C)(C)C2. The Labute approximate surface area is 175 Å². The van der Waals surface area contributed by atoms with Crippen LogP contribution in [0.15, 0.2) is 22.8 Å². The van der Waals surface area contributed by atoms with E-state index < -0.39 is 0 Å². The van der Waals surface area contributed by atoms with E-state index in [-0.39, 0.29) is 10.7 Å². The fourth-order valence-electron chi connectivity index (χ4n) is 4.22. The highest BCUT2D eigenvalue weighted by Gasteiger charge is 2.36. The minimum Gasteiger partial charge on any atom is -0.459 e. The standard InChI is InChI=1S/C22H26N4O2S/c1-4-18-17-14-29-22(2,3)12-15(17)16(13-23)20(24-18)25-7-9-26(10-8-25)21(27)19-6-5-11-28-19/h5-6,11H,4,7-10,12,14H2,1-3H3/p+1. The van der Waals surface area contributed by atoms with Crippen LogP contribution in [-0.2, 0) is 18.6 Å². The number of anilines is 1. The topological polar surface area (TPSA) is 74.6 Å². The second kappa shape index (κ2) is 7.75. The fourth-order valence-corrected chi connectivity index (χ4v) is 5.35. The molecule has 2 aromatic rings. The molecular formula is C22H27N4O2S+. The third-order valence-corrected chi connectivity index (χ3v) is 7.19. The van der Waals surface area contributed by atoms with Crippen LogP contribution < -0.4 is 9.88 Å². The fraction of sp³-hybridized carbons (Fsp3) is 0.500. The number of aromatic nitrogens is 1. The number of nitrogens with zero attached hydrogens (tertiary/aromatic N) is 3. The molecule has 6 nitrogen and oxygen atoms in total. The number of H-pyrrole nitrogens is 1. The molecule has 4 heterocycles. The number of nitriles is 1. The van der Waals surface area contributed by atoms with Gasteiger partial charge in [-0.25, -0.2) is 4.98 Å². The van der Waals surface area contributed by atoms with Crippen LogP contribution in [-0.4, -0.2) is 41.7 Å². The summed E-state index contributed by atoms with van der Waals surface area (Å²) in [5.41, 5.74) is 4.52. The Hall–Kier alpha value is -2.46. The van der Waals surface area contributed by atoms with Crippen molar-refractivity contribution in [3.63, 3.8) is 0 Å². The molecule has 29 heavy (non-hydrogen) atoms. The highest BCUT2D eigenvalue weighted by Crippen LogP contribution is 2.41. The largest absolute Gasteiger partial charge is 0.459 e. The summed E-state index contributed by atoms with van der Waals surface area (Å²) in [6.45, 7) is 9.27. The molecule has 0 spiro atoms. The first-order chi connectivity index (χ1) is 13.9. The summed E-state index contributed by atoms with van der Waals surface area (Å²) >= 11 is 1.96. The minimum atomic E-state index is -0.0717. The molecule has 0 aromatic carbocycles. The smallest absolute Gasteiger partial charge is 0.293 e. The van der Waals surface area contributed by atoms with Gasteiger partial charge in [-0.3, -0.25) is 9.69 Å². The molecular weight excluding hydrogens is 384 g/mol. The Morgan fingerprint density at radius 1 is 1.31 bits per heavy atom. The van der Waals surface area contributed by atoms with Crippen LogP contribution in [0.3, 0.4) is 0 Å². The number of carbonyl (C=O) groups excluding carboxylic acids is 1. The molecule has 152 valence electrons. The highest BCUT2D eigenvalue weighted by molar-refractivity contribution is 7.99. The van der Waals surface area contributed by atoms with E-state index in [4.69, 9.17) is 4.42 Å². The monoisotopic (exact) mass is 411 g/mol. The molecule has 0 unspecified atom stereocenters. The molecule has 2 aromatic heterocycles. The summed E-state index contributed by atoms with van der Waals surface area (Å²) in [7, 11) is 0. The Bertz CT molecular complexity index is 954. The lowest BCUT2D eigenvalue weighted by atomic mass is 9.91. The number of aromatic amines is 1. The second-order valence-corrected chi connectivity index (χ2v) is 9.91. The maximum Gasteiger partial charge on any atom is 0.293 e. The van der Waals surface area contributed by atoms with Gasteiger partial charge in [0.05, 0.1) is 19.4 Å². The summed E-state index contributed by atoms with van der Waals surface area (Å²) in [5.74, 6) is 2.17. The van der Waals surface area contributed by atoms with Crippen molar-refractivity contribution in [1.82, 2.24) is 4.90 Å². The number of hydrogen-bond acceptors (Lipinski definition) is 5. The van der Waals surface area contributed by atoms with Gasteiger partial charge in [0, 0.05) is 22.5 Å². The van der Waals surface area contributed by atoms with Crippen molar-refractivity contribution in [3.8, 4) is 6.07 Å². The van der Waals surface area contributed by atoms with Crippen molar-refractivity contribution < 1.29 is 14.2 Å². The Morgan fingerprint density at radius 2 is 2.07 bits per heavy atom. The number of hydrogen-bond donors (Lipinski definition) is 0. The number of aryl methyl sites for hydroxylation is 1. The van der Waals surface area contributed by atoms with E-state index in [1.54, 1.807) is 12.1 Å². The van der Waals surface area contributed by atoms with Gasteiger partial charge < -0.3 is 9.32 Å². The third-order valence-electron chi connectivity index (χ3n) is 5.83. The number of piperazine rings is 1. The summed E-state index contributed by atoms with van der Waals surface area (Å²) in [4.78, 5) is 20.2. The lowest BCUT2D eigenvalue weighted by Gasteiger charge is -2.34. The number of carbonyl (C=O) groups is 1. The summed E-state index contributed by atoms with van der Waals surface area (Å²) in [6, 6.07) is 5.92. The molecule has 1 N–H and O–H groups in total. The van der Waals surface area contributed by atoms with E-state index >= 15 is 0 Å². The second-order valence-electron chi connectivity index (χ2n) is 8.23. The number of nitrogens with one attached hydrogen (secondary N) is 1. The van der Waals surface area contributed by atoms with E-state index in [9.17, 15) is 10.1 Å². The zero-order chi connectivity index (χ0) is 20.6. The van der Waals surface area contributed by atoms with E-state index in [2.05, 4.69) is 36.7 Å². The van der Waals surface area contributed by atoms with Crippen molar-refractivity contribution in [2.45, 2.75) is 44.1 Å². The number of thioether (sulfide) groups is 1. The molecule has 2 aliphatic rings. The van der Waals surface area contributed by atoms with E-state index in [0.29, 0.717) is 31.9 Å². The number of rotatable bonds is 3. The number of fused-ring (bicyclic) bond motifs is 1. The molecule has 0 saturated carbocycles. The van der Waals surface area contributed by atoms with Crippen molar-refractivity contribution in [1.29, 1.82) is 5.26 Å². The molecule has 1 fully saturated rings. The van der Waals surface area contributed by atoms with Crippen molar-refractivity contribution in [3.05, 3.63) is 46.5 Å². The van der Waals surface area contributed by atoms with Gasteiger partial charge >= 0.3 is 0 Å². The molecule has 7 heteroatoms. The van der Waals surface area contributed by atoms with E-state index in [1.165, 1.54) is 23.1 Å². The zero-order valence-electron chi connectivity index (χ0n) is 17.2. The van der Waals surface area contributed by atoms with Crippen LogP contribution in [0.5, 0.6) is 0 Å². The van der Waals surface area contributed by atoms with Crippen LogP contribution in [0.25, 0.3) is 0 Å². The minimum absolute atomic E-state index is 0.0717. The average molecular weight is 412 g/mol. The molecule has 0 radical (unpaired) electrons. The Morgan fingerprint density at radius 3 is 2.69 bits per heavy atom. The summed E-state index contributed by atoms with van der Waals surface area (Å²) in [5, 5.41) is 10.0. The number of amides is 1. The lowest BCUT2D eigenvalue weighted by molar-refractivity contribution is -0.377. The van der Waals surface area contributed by atoms with Crippen LogP contribution in [0, 0.1) is 11.3 Å². The van der Waals surface area contributed by atoms with Gasteiger partial charge in [-0.05, 0) is 24.1 Å². The van der Waals surface area contributed by atoms with Crippen LogP contribution in [0.4, 0.5) is 5.82 Å². The van der Waals surface area contributed by atoms with Gasteiger partial charge in [-0.15, -0.1) is 0 Å². The van der Waals surface area contributed by atoms with Crippen molar-refractivity contribution >= 4 is 23.5 Å². The quantitative estimate of drug-likeness (QED) is 0.776. The predicted octanol–water partition coefficient (Wildman–Crippen LogP) is 3.06. The molecule has 0 bridgehead atoms. The maximum absolute atomic E-state index is 12.5. The van der Waals surface area contributed by atoms with Gasteiger partial charge in [0.1, 0.15) is 30.4 Å². The number of furan rings is 1. The molecule has 2 aliphatic heterocycles. The van der Waals surface area contributed by atoms with Gasteiger partial charge in [0.25, 0.3) is 11.7 Å². The zero-order valence-corrected chi connectivity index (χ0v) is 18.1. The van der Waals surface area contributed by atoms with E-state index in [1.807, 2.05) is 16.7 Å². The van der Waals surface area contributed by atoms with Crippen LogP contribution >= 0.6 is 11.8 Å². The lowest BCUT2D eigenvalue weighted by Crippen LogP contribution is -2.50. The van der Waals surface area contributed by atoms with Crippen molar-refractivity contribution in [2.75, 3.05) is 31.1 Å². The van der Waals surface area contributed by atoms with Gasteiger partial charge in [0.15, 0.2) is 5.76 Å².